The monoisotopic (exact) mass is 476 g/mol. The van der Waals surface area contributed by atoms with Crippen LogP contribution >= 0.6 is 27.7 Å². The molecule has 0 bridgehead atoms. The number of amides is 1. The number of benzene rings is 2. The maximum atomic E-state index is 12.2. The van der Waals surface area contributed by atoms with Crippen LogP contribution in [0.15, 0.2) is 58.2 Å². The summed E-state index contributed by atoms with van der Waals surface area (Å²) in [6.45, 7) is 2.83. The normalized spacial score (nSPS) is 10.6. The summed E-state index contributed by atoms with van der Waals surface area (Å²) < 4.78 is 13.9. The zero-order valence-electron chi connectivity index (χ0n) is 16.1. The average molecular weight is 477 g/mol. The van der Waals surface area contributed by atoms with Crippen LogP contribution in [0.1, 0.15) is 12.7 Å². The third kappa shape index (κ3) is 6.23. The van der Waals surface area contributed by atoms with Gasteiger partial charge in [0.2, 0.25) is 5.91 Å². The van der Waals surface area contributed by atoms with Crippen molar-refractivity contribution in [2.75, 3.05) is 17.7 Å². The first kappa shape index (κ1) is 21.2. The molecule has 1 heterocycles. The minimum Gasteiger partial charge on any atom is -0.494 e. The van der Waals surface area contributed by atoms with Gasteiger partial charge in [-0.2, -0.15) is 0 Å². The summed E-state index contributed by atoms with van der Waals surface area (Å²) in [6, 6.07) is 14.9. The van der Waals surface area contributed by atoms with E-state index in [2.05, 4.69) is 31.4 Å². The van der Waals surface area contributed by atoms with Crippen molar-refractivity contribution in [2.24, 2.45) is 7.05 Å². The number of halogens is 1. The van der Waals surface area contributed by atoms with Crippen LogP contribution in [0, 0.1) is 0 Å². The molecule has 0 spiro atoms. The molecule has 2 aromatic carbocycles. The zero-order valence-corrected chi connectivity index (χ0v) is 18.5. The minimum atomic E-state index is -0.116. The standard InChI is InChI=1S/C20H21BrN4O3S/c1-3-27-16-10-6-15(7-11-16)22-19(26)13-29-20-24-23-18(25(20)2)12-28-17-8-4-14(21)5-9-17/h4-11H,3,12-13H2,1-2H3,(H,22,26). The summed E-state index contributed by atoms with van der Waals surface area (Å²) >= 11 is 4.71. The lowest BCUT2D eigenvalue weighted by Crippen LogP contribution is -2.14. The summed E-state index contributed by atoms with van der Waals surface area (Å²) in [5.41, 5.74) is 0.723. The van der Waals surface area contributed by atoms with Gasteiger partial charge in [0, 0.05) is 17.2 Å². The van der Waals surface area contributed by atoms with E-state index in [1.54, 1.807) is 0 Å². The molecule has 0 aliphatic rings. The molecule has 0 saturated heterocycles. The van der Waals surface area contributed by atoms with Crippen LogP contribution in [0.2, 0.25) is 0 Å². The van der Waals surface area contributed by atoms with Gasteiger partial charge in [-0.1, -0.05) is 27.7 Å². The molecule has 1 aromatic heterocycles. The Morgan fingerprint density at radius 1 is 1.07 bits per heavy atom. The van der Waals surface area contributed by atoms with Crippen molar-refractivity contribution < 1.29 is 14.3 Å². The quantitative estimate of drug-likeness (QED) is 0.464. The molecule has 3 rings (SSSR count). The van der Waals surface area contributed by atoms with Crippen LogP contribution in [0.5, 0.6) is 11.5 Å². The maximum Gasteiger partial charge on any atom is 0.234 e. The van der Waals surface area contributed by atoms with Crippen molar-refractivity contribution in [2.45, 2.75) is 18.7 Å². The minimum absolute atomic E-state index is 0.116. The van der Waals surface area contributed by atoms with Gasteiger partial charge in [0.05, 0.1) is 12.4 Å². The van der Waals surface area contributed by atoms with E-state index in [4.69, 9.17) is 9.47 Å². The number of nitrogens with one attached hydrogen (secondary N) is 1. The van der Waals surface area contributed by atoms with Crippen molar-refractivity contribution in [3.05, 3.63) is 58.8 Å². The molecular formula is C20H21BrN4O3S. The molecule has 1 N–H and O–H groups in total. The Morgan fingerprint density at radius 2 is 1.72 bits per heavy atom. The second kappa shape index (κ2) is 10.3. The van der Waals surface area contributed by atoms with Gasteiger partial charge in [0.15, 0.2) is 11.0 Å². The highest BCUT2D eigenvalue weighted by atomic mass is 79.9. The zero-order chi connectivity index (χ0) is 20.6. The highest BCUT2D eigenvalue weighted by Gasteiger charge is 2.12. The Labute approximate surface area is 181 Å². The summed E-state index contributed by atoms with van der Waals surface area (Å²) in [4.78, 5) is 12.2. The number of hydrogen-bond acceptors (Lipinski definition) is 6. The number of thioether (sulfide) groups is 1. The van der Waals surface area contributed by atoms with Gasteiger partial charge in [0.25, 0.3) is 0 Å². The van der Waals surface area contributed by atoms with Crippen LogP contribution in [-0.2, 0) is 18.4 Å². The van der Waals surface area contributed by atoms with Gasteiger partial charge in [-0.05, 0) is 55.5 Å². The lowest BCUT2D eigenvalue weighted by Gasteiger charge is -2.08. The van der Waals surface area contributed by atoms with Gasteiger partial charge < -0.3 is 19.4 Å². The van der Waals surface area contributed by atoms with E-state index in [0.717, 1.165) is 21.7 Å². The Hall–Kier alpha value is -2.52. The number of ether oxygens (including phenoxy) is 2. The molecule has 1 amide bonds. The van der Waals surface area contributed by atoms with Crippen LogP contribution in [0.4, 0.5) is 5.69 Å². The van der Waals surface area contributed by atoms with E-state index in [1.165, 1.54) is 11.8 Å². The van der Waals surface area contributed by atoms with Gasteiger partial charge >= 0.3 is 0 Å². The maximum absolute atomic E-state index is 12.2. The van der Waals surface area contributed by atoms with Crippen molar-refractivity contribution in [3.8, 4) is 11.5 Å². The third-order valence-corrected chi connectivity index (χ3v) is 5.44. The lowest BCUT2D eigenvalue weighted by molar-refractivity contribution is -0.113. The smallest absolute Gasteiger partial charge is 0.234 e. The van der Waals surface area contributed by atoms with E-state index in [0.29, 0.717) is 24.2 Å². The fourth-order valence-electron chi connectivity index (χ4n) is 2.40. The Kier molecular flexibility index (Phi) is 7.54. The third-order valence-electron chi connectivity index (χ3n) is 3.89. The highest BCUT2D eigenvalue weighted by Crippen LogP contribution is 2.20. The average Bonchev–Trinajstić information content (AvgIpc) is 3.07. The van der Waals surface area contributed by atoms with Crippen molar-refractivity contribution in [1.82, 2.24) is 14.8 Å². The van der Waals surface area contributed by atoms with E-state index >= 15 is 0 Å². The van der Waals surface area contributed by atoms with E-state index < -0.39 is 0 Å². The van der Waals surface area contributed by atoms with Gasteiger partial charge in [-0.3, -0.25) is 4.79 Å². The van der Waals surface area contributed by atoms with Crippen molar-refractivity contribution in [3.63, 3.8) is 0 Å². The van der Waals surface area contributed by atoms with E-state index in [9.17, 15) is 4.79 Å². The first-order chi connectivity index (χ1) is 14.0. The molecule has 0 unspecified atom stereocenters. The second-order valence-corrected chi connectivity index (χ2v) is 7.85. The SMILES string of the molecule is CCOc1ccc(NC(=O)CSc2nnc(COc3ccc(Br)cc3)n2C)cc1. The first-order valence-corrected chi connectivity index (χ1v) is 10.7. The molecule has 9 heteroatoms. The summed E-state index contributed by atoms with van der Waals surface area (Å²) in [7, 11) is 1.85. The second-order valence-electron chi connectivity index (χ2n) is 5.99. The first-order valence-electron chi connectivity index (χ1n) is 8.97. The van der Waals surface area contributed by atoms with Crippen LogP contribution in [0.3, 0.4) is 0 Å². The Balaban J connectivity index is 1.49. The van der Waals surface area contributed by atoms with E-state index in [1.807, 2.05) is 67.1 Å². The molecule has 0 aliphatic heterocycles. The predicted molar refractivity (Wildman–Crippen MR) is 116 cm³/mol. The topological polar surface area (TPSA) is 78.3 Å². The number of nitrogens with zero attached hydrogens (tertiary/aromatic N) is 3. The van der Waals surface area contributed by atoms with Crippen LogP contribution < -0.4 is 14.8 Å². The Morgan fingerprint density at radius 3 is 2.41 bits per heavy atom. The fourth-order valence-corrected chi connectivity index (χ4v) is 3.40. The van der Waals surface area contributed by atoms with Crippen LogP contribution in [0.25, 0.3) is 0 Å². The number of aromatic nitrogens is 3. The summed E-state index contributed by atoms with van der Waals surface area (Å²) in [5.74, 6) is 2.32. The van der Waals surface area contributed by atoms with Gasteiger partial charge in [-0.15, -0.1) is 10.2 Å². The number of carbonyl (C=O) groups is 1. The van der Waals surface area contributed by atoms with Crippen LogP contribution in [-0.4, -0.2) is 33.0 Å². The molecule has 0 saturated carbocycles. The van der Waals surface area contributed by atoms with Gasteiger partial charge in [-0.25, -0.2) is 0 Å². The largest absolute Gasteiger partial charge is 0.494 e. The molecule has 29 heavy (non-hydrogen) atoms. The van der Waals surface area contributed by atoms with E-state index in [-0.39, 0.29) is 11.7 Å². The van der Waals surface area contributed by atoms with Crippen molar-refractivity contribution in [1.29, 1.82) is 0 Å². The highest BCUT2D eigenvalue weighted by molar-refractivity contribution is 9.10. The molecule has 0 aliphatic carbocycles. The number of hydrogen-bond donors (Lipinski definition) is 1. The Bertz CT molecular complexity index is 945. The molecule has 152 valence electrons. The number of rotatable bonds is 9. The molecule has 0 radical (unpaired) electrons. The molecule has 0 fully saturated rings. The number of anilines is 1. The van der Waals surface area contributed by atoms with Gasteiger partial charge in [0.1, 0.15) is 18.1 Å². The fraction of sp³-hybridized carbons (Fsp3) is 0.250. The molecule has 0 atom stereocenters. The van der Waals surface area contributed by atoms with Crippen molar-refractivity contribution >= 4 is 39.3 Å². The summed E-state index contributed by atoms with van der Waals surface area (Å²) in [5, 5.41) is 11.8. The predicted octanol–water partition coefficient (Wildman–Crippen LogP) is 4.29. The summed E-state index contributed by atoms with van der Waals surface area (Å²) in [6.07, 6.45) is 0. The molecular weight excluding hydrogens is 456 g/mol. The lowest BCUT2D eigenvalue weighted by atomic mass is 10.3. The number of carbonyl (C=O) groups excluding carboxylic acids is 1. The molecule has 7 nitrogen and oxygen atoms in total. The molecule has 3 aromatic rings.